The third-order valence-electron chi connectivity index (χ3n) is 9.81. The molecule has 55 heavy (non-hydrogen) atoms. The molecule has 0 saturated carbocycles. The van der Waals surface area contributed by atoms with Gasteiger partial charge in [-0.3, -0.25) is 24.8 Å². The first-order valence-electron chi connectivity index (χ1n) is 19.3. The largest absolute Gasteiger partial charge is 0.388 e. The molecule has 290 valence electrons. The van der Waals surface area contributed by atoms with Crippen molar-refractivity contribution in [3.05, 3.63) is 120 Å². The van der Waals surface area contributed by atoms with E-state index in [1.807, 2.05) is 84.9 Å². The lowest BCUT2D eigenvalue weighted by molar-refractivity contribution is -0.130. The maximum Gasteiger partial charge on any atom is 0.223 e. The lowest BCUT2D eigenvalue weighted by Gasteiger charge is -2.21. The zero-order chi connectivity index (χ0) is 39.4. The van der Waals surface area contributed by atoms with E-state index >= 15 is 0 Å². The van der Waals surface area contributed by atoms with Crippen LogP contribution in [0, 0.1) is 17.2 Å². The summed E-state index contributed by atoms with van der Waals surface area (Å²) in [5.74, 6) is -1.05. The third kappa shape index (κ3) is 15.3. The normalized spacial score (nSPS) is 12.6. The lowest BCUT2D eigenvalue weighted by atomic mass is 9.85. The molecule has 4 aromatic rings. The Labute approximate surface area is 325 Å². The van der Waals surface area contributed by atoms with E-state index in [2.05, 4.69) is 34.6 Å². The zero-order valence-corrected chi connectivity index (χ0v) is 31.8. The average molecular weight is 744 g/mol. The van der Waals surface area contributed by atoms with Crippen molar-refractivity contribution in [3.8, 4) is 22.3 Å². The van der Waals surface area contributed by atoms with Crippen LogP contribution in [0.1, 0.15) is 68.9 Å². The maximum atomic E-state index is 13.8. The Balaban J connectivity index is 1.41. The van der Waals surface area contributed by atoms with Gasteiger partial charge in [-0.05, 0) is 77.8 Å². The number of nitrogens with two attached hydrogens (primary N) is 4. The van der Waals surface area contributed by atoms with Gasteiger partial charge in [-0.15, -0.1) is 0 Å². The van der Waals surface area contributed by atoms with Crippen LogP contribution in [0.2, 0.25) is 0 Å². The van der Waals surface area contributed by atoms with Crippen LogP contribution in [0.4, 0.5) is 0 Å². The van der Waals surface area contributed by atoms with E-state index in [1.165, 1.54) is 0 Å². The van der Waals surface area contributed by atoms with Crippen molar-refractivity contribution in [2.75, 3.05) is 13.1 Å². The first kappa shape index (κ1) is 42.1. The summed E-state index contributed by atoms with van der Waals surface area (Å²) < 4.78 is 0. The Bertz CT molecular complexity index is 1820. The number of hydrogen-bond acceptors (Lipinski definition) is 6. The zero-order valence-electron chi connectivity index (χ0n) is 31.8. The van der Waals surface area contributed by atoms with Gasteiger partial charge in [0.05, 0.1) is 11.9 Å². The van der Waals surface area contributed by atoms with Gasteiger partial charge in [0, 0.05) is 44.7 Å². The molecule has 4 rings (SSSR count). The Morgan fingerprint density at radius 1 is 0.636 bits per heavy atom. The quantitative estimate of drug-likeness (QED) is 0.0273. The highest BCUT2D eigenvalue weighted by molar-refractivity contribution is 5.88. The van der Waals surface area contributed by atoms with E-state index in [9.17, 15) is 14.4 Å². The molecule has 0 bridgehead atoms. The standard InChI is InChI=1S/C45H57N7O3/c46-41(29-33-19-23-38(24-20-33)36-14-6-2-7-15-36)42(54)30-34(11-10-26-52-45(49)50)28-40(53)31-39(44(55)51-25-9-3-8-16-43(47)48)27-32-17-21-37(22-18-32)35-12-4-1-5-13-35/h1-2,4-7,12-15,17-24,34,39,41H,3,8-11,16,25-31,46H2,(H3,47,48)(H,51,55)(H4,49,50,52)/t34-,39+,41-/m0/s1. The molecule has 10 heteroatoms. The van der Waals surface area contributed by atoms with E-state index in [4.69, 9.17) is 28.3 Å². The molecule has 0 fully saturated rings. The number of unbranched alkanes of at least 4 members (excludes halogenated alkanes) is 2. The molecule has 0 heterocycles. The van der Waals surface area contributed by atoms with Gasteiger partial charge in [0.15, 0.2) is 5.96 Å². The number of amides is 1. The summed E-state index contributed by atoms with van der Waals surface area (Å²) in [7, 11) is 0. The number of rotatable bonds is 24. The molecule has 0 radical (unpaired) electrons. The van der Waals surface area contributed by atoms with Gasteiger partial charge in [-0.1, -0.05) is 116 Å². The van der Waals surface area contributed by atoms with Crippen LogP contribution >= 0.6 is 0 Å². The highest BCUT2D eigenvalue weighted by Crippen LogP contribution is 2.25. The van der Waals surface area contributed by atoms with E-state index in [0.717, 1.165) is 52.6 Å². The fourth-order valence-electron chi connectivity index (χ4n) is 6.79. The number of hydrogen-bond donors (Lipinski definition) is 6. The van der Waals surface area contributed by atoms with Gasteiger partial charge in [-0.25, -0.2) is 0 Å². The van der Waals surface area contributed by atoms with Gasteiger partial charge in [0.1, 0.15) is 11.6 Å². The Kier molecular flexibility index (Phi) is 17.3. The van der Waals surface area contributed by atoms with Crippen molar-refractivity contribution in [1.82, 2.24) is 5.32 Å². The minimum absolute atomic E-state index is 0.00600. The second-order valence-electron chi connectivity index (χ2n) is 14.4. The molecule has 0 aliphatic heterocycles. The first-order valence-corrected chi connectivity index (χ1v) is 19.3. The van der Waals surface area contributed by atoms with E-state index in [1.54, 1.807) is 0 Å². The summed E-state index contributed by atoms with van der Waals surface area (Å²) in [6.45, 7) is 0.862. The summed E-state index contributed by atoms with van der Waals surface area (Å²) in [6, 6.07) is 35.6. The van der Waals surface area contributed by atoms with Gasteiger partial charge in [0.25, 0.3) is 0 Å². The molecule has 10 N–H and O–H groups in total. The molecule has 0 saturated heterocycles. The highest BCUT2D eigenvalue weighted by Gasteiger charge is 2.26. The van der Waals surface area contributed by atoms with Crippen LogP contribution in [0.3, 0.4) is 0 Å². The van der Waals surface area contributed by atoms with Crippen LogP contribution in [0.15, 0.2) is 114 Å². The second kappa shape index (κ2) is 22.6. The molecule has 10 nitrogen and oxygen atoms in total. The van der Waals surface area contributed by atoms with E-state index in [0.29, 0.717) is 45.2 Å². The molecule has 4 aromatic carbocycles. The summed E-state index contributed by atoms with van der Waals surface area (Å²) in [4.78, 5) is 45.0. The monoisotopic (exact) mass is 743 g/mol. The van der Waals surface area contributed by atoms with Crippen molar-refractivity contribution in [2.45, 2.75) is 76.7 Å². The predicted octanol–water partition coefficient (Wildman–Crippen LogP) is 6.34. The minimum Gasteiger partial charge on any atom is -0.388 e. The maximum absolute atomic E-state index is 13.8. The van der Waals surface area contributed by atoms with Gasteiger partial charge in [0.2, 0.25) is 5.91 Å². The number of carbonyl (C=O) groups excluding carboxylic acids is 3. The Morgan fingerprint density at radius 2 is 1.18 bits per heavy atom. The van der Waals surface area contributed by atoms with Crippen molar-refractivity contribution < 1.29 is 14.4 Å². The van der Waals surface area contributed by atoms with Crippen molar-refractivity contribution >= 4 is 29.3 Å². The predicted molar refractivity (Wildman–Crippen MR) is 223 cm³/mol. The van der Waals surface area contributed by atoms with E-state index < -0.39 is 12.0 Å². The number of aliphatic imine (C=N–C) groups is 1. The molecule has 1 amide bonds. The van der Waals surface area contributed by atoms with Gasteiger partial charge < -0.3 is 28.3 Å². The molecule has 0 spiro atoms. The summed E-state index contributed by atoms with van der Waals surface area (Å²) >= 11 is 0. The van der Waals surface area contributed by atoms with Crippen molar-refractivity contribution in [3.63, 3.8) is 0 Å². The number of ketones is 2. The van der Waals surface area contributed by atoms with Crippen LogP contribution < -0.4 is 28.3 Å². The molecular weight excluding hydrogens is 687 g/mol. The SMILES string of the molecule is N=C(N)CCCCCNC(=O)[C@@H](CC(=O)C[C@H](CCCN=C(N)N)CC(=O)[C@@H](N)Cc1ccc(-c2ccccc2)cc1)Cc1ccc(-c2ccccc2)cc1. The minimum atomic E-state index is -0.717. The number of amidine groups is 1. The smallest absolute Gasteiger partial charge is 0.223 e. The van der Waals surface area contributed by atoms with Gasteiger partial charge in [-0.2, -0.15) is 0 Å². The van der Waals surface area contributed by atoms with Gasteiger partial charge >= 0.3 is 0 Å². The first-order chi connectivity index (χ1) is 26.6. The summed E-state index contributed by atoms with van der Waals surface area (Å²) in [6.07, 6.45) is 5.20. The van der Waals surface area contributed by atoms with Crippen molar-refractivity contribution in [1.29, 1.82) is 5.41 Å². The second-order valence-corrected chi connectivity index (χ2v) is 14.4. The average Bonchev–Trinajstić information content (AvgIpc) is 3.18. The number of carbonyl (C=O) groups is 3. The number of guanidine groups is 1. The number of benzene rings is 4. The fourth-order valence-corrected chi connectivity index (χ4v) is 6.79. The lowest BCUT2D eigenvalue weighted by Crippen LogP contribution is -2.35. The molecule has 0 aliphatic rings. The van der Waals surface area contributed by atoms with Crippen LogP contribution in [-0.2, 0) is 27.2 Å². The number of nitrogens with zero attached hydrogens (tertiary/aromatic N) is 1. The topological polar surface area (TPSA) is 204 Å². The third-order valence-corrected chi connectivity index (χ3v) is 9.81. The number of Topliss-reactive ketones (excluding diaryl/α,β-unsaturated/α-hetero) is 2. The van der Waals surface area contributed by atoms with Crippen LogP contribution in [-0.4, -0.2) is 48.4 Å². The van der Waals surface area contributed by atoms with Crippen molar-refractivity contribution in [2.24, 2.45) is 39.8 Å². The highest BCUT2D eigenvalue weighted by atomic mass is 16.2. The Hall–Kier alpha value is -5.61. The summed E-state index contributed by atoms with van der Waals surface area (Å²) in [5, 5.41) is 10.5. The molecule has 0 unspecified atom stereocenters. The molecular formula is C45H57N7O3. The van der Waals surface area contributed by atoms with Crippen LogP contribution in [0.5, 0.6) is 0 Å². The molecule has 0 aromatic heterocycles. The number of nitrogens with one attached hydrogen (secondary N) is 2. The molecule has 3 atom stereocenters. The fraction of sp³-hybridized carbons (Fsp3) is 0.356. The molecule has 0 aliphatic carbocycles. The summed E-state index contributed by atoms with van der Waals surface area (Å²) in [5.41, 5.74) is 29.3. The van der Waals surface area contributed by atoms with Crippen LogP contribution in [0.25, 0.3) is 22.3 Å². The van der Waals surface area contributed by atoms with E-state index in [-0.39, 0.29) is 54.4 Å². The Morgan fingerprint density at radius 3 is 1.73 bits per heavy atom.